The second-order valence-electron chi connectivity index (χ2n) is 5.92. The van der Waals surface area contributed by atoms with E-state index in [1.165, 1.54) is 18.4 Å². The second kappa shape index (κ2) is 6.25. The first-order valence-corrected chi connectivity index (χ1v) is 7.64. The summed E-state index contributed by atoms with van der Waals surface area (Å²) in [5.41, 5.74) is 8.46. The van der Waals surface area contributed by atoms with Crippen LogP contribution in [0, 0.1) is 12.8 Å². The summed E-state index contributed by atoms with van der Waals surface area (Å²) in [5, 5.41) is 0.863. The number of halogens is 1. The number of rotatable bonds is 3. The molecule has 0 amide bonds. The summed E-state index contributed by atoms with van der Waals surface area (Å²) < 4.78 is 0. The van der Waals surface area contributed by atoms with E-state index in [2.05, 4.69) is 36.9 Å². The second-order valence-corrected chi connectivity index (χ2v) is 6.33. The number of piperidine rings is 1. The maximum atomic E-state index is 6.30. The van der Waals surface area contributed by atoms with Crippen LogP contribution in [-0.4, -0.2) is 24.0 Å². The Balaban J connectivity index is 2.36. The topological polar surface area (TPSA) is 29.3 Å². The van der Waals surface area contributed by atoms with Gasteiger partial charge < -0.3 is 5.73 Å². The molecule has 1 heterocycles. The highest BCUT2D eigenvalue weighted by atomic mass is 35.5. The predicted octanol–water partition coefficient (Wildman–Crippen LogP) is 3.77. The zero-order valence-corrected chi connectivity index (χ0v) is 13.0. The monoisotopic (exact) mass is 280 g/mol. The van der Waals surface area contributed by atoms with Crippen molar-refractivity contribution in [3.8, 4) is 0 Å². The Labute approximate surface area is 121 Å². The number of hydrogen-bond acceptors (Lipinski definition) is 2. The summed E-state index contributed by atoms with van der Waals surface area (Å²) in [5.74, 6) is 0.537. The normalized spacial score (nSPS) is 24.9. The van der Waals surface area contributed by atoms with E-state index < -0.39 is 0 Å². The molecule has 3 heteroatoms. The summed E-state index contributed by atoms with van der Waals surface area (Å²) in [7, 11) is 0. The molecule has 1 fully saturated rings. The van der Waals surface area contributed by atoms with Crippen molar-refractivity contribution in [2.75, 3.05) is 13.1 Å². The van der Waals surface area contributed by atoms with Crippen LogP contribution in [0.3, 0.4) is 0 Å². The smallest absolute Gasteiger partial charge is 0.0438 e. The average molecular weight is 281 g/mol. The molecule has 1 aliphatic heterocycles. The number of nitrogens with zero attached hydrogens (tertiary/aromatic N) is 1. The molecule has 2 N–H and O–H groups in total. The van der Waals surface area contributed by atoms with E-state index in [0.717, 1.165) is 23.7 Å². The van der Waals surface area contributed by atoms with Gasteiger partial charge >= 0.3 is 0 Å². The minimum Gasteiger partial charge on any atom is -0.330 e. The fourth-order valence-corrected chi connectivity index (χ4v) is 3.38. The number of aryl methyl sites for hydroxylation is 1. The van der Waals surface area contributed by atoms with E-state index in [4.69, 9.17) is 17.3 Å². The van der Waals surface area contributed by atoms with Crippen molar-refractivity contribution >= 4 is 11.6 Å². The summed E-state index contributed by atoms with van der Waals surface area (Å²) in [6.07, 6.45) is 2.46. The molecular formula is C16H25ClN2. The van der Waals surface area contributed by atoms with E-state index in [-0.39, 0.29) is 0 Å². The van der Waals surface area contributed by atoms with Gasteiger partial charge in [0.2, 0.25) is 0 Å². The van der Waals surface area contributed by atoms with E-state index in [9.17, 15) is 0 Å². The third kappa shape index (κ3) is 3.13. The fraction of sp³-hybridized carbons (Fsp3) is 0.625. The Kier molecular flexibility index (Phi) is 4.88. The van der Waals surface area contributed by atoms with Gasteiger partial charge in [-0.25, -0.2) is 0 Å². The molecule has 0 aliphatic carbocycles. The van der Waals surface area contributed by atoms with Crippen molar-refractivity contribution in [2.45, 2.75) is 45.7 Å². The lowest BCUT2D eigenvalue weighted by molar-refractivity contribution is 0.0665. The van der Waals surface area contributed by atoms with Gasteiger partial charge in [0.1, 0.15) is 0 Å². The maximum Gasteiger partial charge on any atom is 0.0438 e. The van der Waals surface area contributed by atoms with Gasteiger partial charge in [0.15, 0.2) is 0 Å². The molecule has 1 saturated heterocycles. The van der Waals surface area contributed by atoms with Gasteiger partial charge in [0, 0.05) is 17.1 Å². The molecule has 2 unspecified atom stereocenters. The first kappa shape index (κ1) is 14.8. The van der Waals surface area contributed by atoms with Gasteiger partial charge in [-0.3, -0.25) is 4.90 Å². The molecule has 2 nitrogen and oxygen atoms in total. The molecule has 0 radical (unpaired) electrons. The molecule has 2 atom stereocenters. The van der Waals surface area contributed by atoms with Crippen molar-refractivity contribution in [2.24, 2.45) is 11.7 Å². The van der Waals surface area contributed by atoms with E-state index in [1.54, 1.807) is 0 Å². The van der Waals surface area contributed by atoms with E-state index >= 15 is 0 Å². The molecule has 1 aromatic rings. The van der Waals surface area contributed by atoms with Gasteiger partial charge in [0.05, 0.1) is 0 Å². The maximum absolute atomic E-state index is 6.30. The summed E-state index contributed by atoms with van der Waals surface area (Å²) in [6, 6.07) is 7.43. The van der Waals surface area contributed by atoms with Crippen LogP contribution in [0.5, 0.6) is 0 Å². The van der Waals surface area contributed by atoms with Crippen molar-refractivity contribution in [3.63, 3.8) is 0 Å². The first-order valence-electron chi connectivity index (χ1n) is 7.26. The van der Waals surface area contributed by atoms with Crippen LogP contribution in [0.1, 0.15) is 43.9 Å². The number of hydrogen-bond donors (Lipinski definition) is 1. The molecule has 0 saturated carbocycles. The van der Waals surface area contributed by atoms with Crippen LogP contribution in [0.4, 0.5) is 0 Å². The van der Waals surface area contributed by atoms with Crippen LogP contribution in [0.25, 0.3) is 0 Å². The third-order valence-corrected chi connectivity index (χ3v) is 4.71. The largest absolute Gasteiger partial charge is 0.330 e. The molecule has 106 valence electrons. The molecule has 0 spiro atoms. The molecule has 1 aromatic carbocycles. The van der Waals surface area contributed by atoms with Crippen LogP contribution in [-0.2, 0) is 0 Å². The number of nitrogens with two attached hydrogens (primary N) is 1. The van der Waals surface area contributed by atoms with Gasteiger partial charge in [-0.05, 0) is 69.8 Å². The van der Waals surface area contributed by atoms with Gasteiger partial charge in [-0.2, -0.15) is 0 Å². The standard InChI is InChI=1S/C16H25ClN2/c1-11(2)19-8-4-5-14(10-18)16(19)13-7-6-12(3)15(17)9-13/h6-7,9,11,14,16H,4-5,8,10,18H2,1-3H3. The average Bonchev–Trinajstić information content (AvgIpc) is 2.41. The quantitative estimate of drug-likeness (QED) is 0.913. The third-order valence-electron chi connectivity index (χ3n) is 4.30. The van der Waals surface area contributed by atoms with Crippen molar-refractivity contribution < 1.29 is 0 Å². The lowest BCUT2D eigenvalue weighted by Crippen LogP contribution is -2.44. The molecule has 0 aromatic heterocycles. The molecular weight excluding hydrogens is 256 g/mol. The number of likely N-dealkylation sites (tertiary alicyclic amines) is 1. The Hall–Kier alpha value is -0.570. The molecule has 1 aliphatic rings. The zero-order valence-electron chi connectivity index (χ0n) is 12.2. The Bertz CT molecular complexity index is 431. The minimum absolute atomic E-state index is 0.414. The van der Waals surface area contributed by atoms with Crippen LogP contribution < -0.4 is 5.73 Å². The highest BCUT2D eigenvalue weighted by molar-refractivity contribution is 6.31. The van der Waals surface area contributed by atoms with Crippen molar-refractivity contribution in [1.29, 1.82) is 0 Å². The Morgan fingerprint density at radius 2 is 2.16 bits per heavy atom. The van der Waals surface area contributed by atoms with Crippen LogP contribution in [0.15, 0.2) is 18.2 Å². The van der Waals surface area contributed by atoms with E-state index in [1.807, 2.05) is 6.92 Å². The first-order chi connectivity index (χ1) is 9.04. The zero-order chi connectivity index (χ0) is 14.0. The van der Waals surface area contributed by atoms with Crippen LogP contribution >= 0.6 is 11.6 Å². The Morgan fingerprint density at radius 3 is 2.74 bits per heavy atom. The summed E-state index contributed by atoms with van der Waals surface area (Å²) in [4.78, 5) is 2.57. The van der Waals surface area contributed by atoms with E-state index in [0.29, 0.717) is 18.0 Å². The SMILES string of the molecule is Cc1ccc(C2C(CN)CCCN2C(C)C)cc1Cl. The van der Waals surface area contributed by atoms with Crippen molar-refractivity contribution in [3.05, 3.63) is 34.3 Å². The minimum atomic E-state index is 0.414. The predicted molar refractivity (Wildman–Crippen MR) is 82.6 cm³/mol. The lowest BCUT2D eigenvalue weighted by Gasteiger charge is -2.43. The van der Waals surface area contributed by atoms with Crippen molar-refractivity contribution in [1.82, 2.24) is 4.90 Å². The summed E-state index contributed by atoms with van der Waals surface area (Å²) >= 11 is 6.30. The molecule has 19 heavy (non-hydrogen) atoms. The molecule has 2 rings (SSSR count). The fourth-order valence-electron chi connectivity index (χ4n) is 3.19. The Morgan fingerprint density at radius 1 is 1.42 bits per heavy atom. The van der Waals surface area contributed by atoms with Gasteiger partial charge in [0.25, 0.3) is 0 Å². The number of benzene rings is 1. The highest BCUT2D eigenvalue weighted by Gasteiger charge is 2.33. The van der Waals surface area contributed by atoms with Crippen LogP contribution in [0.2, 0.25) is 5.02 Å². The van der Waals surface area contributed by atoms with Gasteiger partial charge in [-0.15, -0.1) is 0 Å². The molecule has 0 bridgehead atoms. The highest BCUT2D eigenvalue weighted by Crippen LogP contribution is 2.37. The van der Waals surface area contributed by atoms with Gasteiger partial charge in [-0.1, -0.05) is 23.7 Å². The summed E-state index contributed by atoms with van der Waals surface area (Å²) in [6.45, 7) is 8.49. The lowest BCUT2D eigenvalue weighted by atomic mass is 9.83.